The Morgan fingerprint density at radius 2 is 1.92 bits per heavy atom. The van der Waals surface area contributed by atoms with Gasteiger partial charge in [0.2, 0.25) is 0 Å². The summed E-state index contributed by atoms with van der Waals surface area (Å²) in [6, 6.07) is 6.21. The maximum Gasteiger partial charge on any atom is 0.274 e. The number of carbonyl (C=O) groups is 1. The van der Waals surface area contributed by atoms with Crippen molar-refractivity contribution < 1.29 is 14.1 Å². The van der Waals surface area contributed by atoms with Crippen LogP contribution in [0.5, 0.6) is 5.75 Å². The third-order valence-electron chi connectivity index (χ3n) is 5.02. The molecule has 3 rings (SSSR count). The molecule has 2 aromatic rings. The highest BCUT2D eigenvalue weighted by Crippen LogP contribution is 2.25. The molecule has 2 heterocycles. The SMILES string of the molecule is Cc1cccc(C)c1OCc1c(C(=O)NC2CCN(C)CC2)noc1C. The molecule has 1 aromatic heterocycles. The zero-order chi connectivity index (χ0) is 18.7. The quantitative estimate of drug-likeness (QED) is 0.891. The second kappa shape index (κ2) is 7.91. The Kier molecular flexibility index (Phi) is 5.61. The van der Waals surface area contributed by atoms with Crippen molar-refractivity contribution in [3.05, 3.63) is 46.3 Å². The van der Waals surface area contributed by atoms with Crippen LogP contribution in [0.4, 0.5) is 0 Å². The van der Waals surface area contributed by atoms with Crippen LogP contribution in [0.15, 0.2) is 22.7 Å². The van der Waals surface area contributed by atoms with E-state index in [1.165, 1.54) is 0 Å². The highest BCUT2D eigenvalue weighted by atomic mass is 16.5. The van der Waals surface area contributed by atoms with E-state index in [2.05, 4.69) is 22.4 Å². The van der Waals surface area contributed by atoms with Crippen LogP contribution in [-0.2, 0) is 6.61 Å². The van der Waals surface area contributed by atoms with Crippen molar-refractivity contribution >= 4 is 5.91 Å². The summed E-state index contributed by atoms with van der Waals surface area (Å²) < 4.78 is 11.3. The summed E-state index contributed by atoms with van der Waals surface area (Å²) in [5, 5.41) is 7.06. The predicted molar refractivity (Wildman–Crippen MR) is 99.5 cm³/mol. The van der Waals surface area contributed by atoms with Crippen LogP contribution < -0.4 is 10.1 Å². The lowest BCUT2D eigenvalue weighted by Crippen LogP contribution is -2.43. The number of aromatic nitrogens is 1. The number of carbonyl (C=O) groups excluding carboxylic acids is 1. The van der Waals surface area contributed by atoms with E-state index in [1.807, 2.05) is 39.0 Å². The van der Waals surface area contributed by atoms with Gasteiger partial charge in [0.25, 0.3) is 5.91 Å². The monoisotopic (exact) mass is 357 g/mol. The van der Waals surface area contributed by atoms with Gasteiger partial charge in [0.15, 0.2) is 5.69 Å². The average Bonchev–Trinajstić information content (AvgIpc) is 2.97. The number of para-hydroxylation sites is 1. The molecule has 0 atom stereocenters. The van der Waals surface area contributed by atoms with E-state index in [-0.39, 0.29) is 18.6 Å². The number of rotatable bonds is 5. The fourth-order valence-corrected chi connectivity index (χ4v) is 3.32. The summed E-state index contributed by atoms with van der Waals surface area (Å²) >= 11 is 0. The predicted octanol–water partition coefficient (Wildman–Crippen LogP) is 3.00. The second-order valence-electron chi connectivity index (χ2n) is 7.13. The first-order valence-electron chi connectivity index (χ1n) is 9.09. The summed E-state index contributed by atoms with van der Waals surface area (Å²) in [4.78, 5) is 14.9. The molecular weight excluding hydrogens is 330 g/mol. The normalized spacial score (nSPS) is 15.8. The minimum absolute atomic E-state index is 0.183. The number of piperidine rings is 1. The summed E-state index contributed by atoms with van der Waals surface area (Å²) in [6.45, 7) is 8.07. The number of nitrogens with one attached hydrogen (secondary N) is 1. The molecule has 1 aliphatic rings. The van der Waals surface area contributed by atoms with Crippen molar-refractivity contribution in [3.8, 4) is 5.75 Å². The van der Waals surface area contributed by atoms with Gasteiger partial charge in [0.1, 0.15) is 18.1 Å². The number of hydrogen-bond donors (Lipinski definition) is 1. The van der Waals surface area contributed by atoms with E-state index in [4.69, 9.17) is 9.26 Å². The third-order valence-corrected chi connectivity index (χ3v) is 5.02. The Morgan fingerprint density at radius 1 is 1.27 bits per heavy atom. The minimum atomic E-state index is -0.184. The first-order valence-corrected chi connectivity index (χ1v) is 9.09. The fourth-order valence-electron chi connectivity index (χ4n) is 3.32. The Labute approximate surface area is 154 Å². The molecule has 1 N–H and O–H groups in total. The number of ether oxygens (including phenoxy) is 1. The van der Waals surface area contributed by atoms with Crippen LogP contribution >= 0.6 is 0 Å². The number of amides is 1. The molecule has 0 radical (unpaired) electrons. The van der Waals surface area contributed by atoms with Crippen LogP contribution in [0.3, 0.4) is 0 Å². The van der Waals surface area contributed by atoms with Crippen molar-refractivity contribution in [3.63, 3.8) is 0 Å². The third kappa shape index (κ3) is 4.07. The van der Waals surface area contributed by atoms with Crippen molar-refractivity contribution in [2.75, 3.05) is 20.1 Å². The van der Waals surface area contributed by atoms with Gasteiger partial charge in [-0.05, 0) is 64.9 Å². The van der Waals surface area contributed by atoms with E-state index in [1.54, 1.807) is 0 Å². The maximum absolute atomic E-state index is 12.7. The van der Waals surface area contributed by atoms with Crippen molar-refractivity contribution in [1.82, 2.24) is 15.4 Å². The zero-order valence-corrected chi connectivity index (χ0v) is 16.0. The van der Waals surface area contributed by atoms with Crippen molar-refractivity contribution in [2.45, 2.75) is 46.3 Å². The molecule has 6 nitrogen and oxygen atoms in total. The lowest BCUT2D eigenvalue weighted by Gasteiger charge is -2.29. The van der Waals surface area contributed by atoms with Crippen molar-refractivity contribution in [1.29, 1.82) is 0 Å². The first-order chi connectivity index (χ1) is 12.5. The fraction of sp³-hybridized carbons (Fsp3) is 0.500. The molecule has 26 heavy (non-hydrogen) atoms. The highest BCUT2D eigenvalue weighted by Gasteiger charge is 2.24. The summed E-state index contributed by atoms with van der Waals surface area (Å²) in [6.07, 6.45) is 1.90. The van der Waals surface area contributed by atoms with E-state index >= 15 is 0 Å². The summed E-state index contributed by atoms with van der Waals surface area (Å²) in [5.41, 5.74) is 3.17. The molecule has 1 aliphatic heterocycles. The number of benzene rings is 1. The van der Waals surface area contributed by atoms with Crippen LogP contribution in [0, 0.1) is 20.8 Å². The molecule has 0 aliphatic carbocycles. The highest BCUT2D eigenvalue weighted by molar-refractivity contribution is 5.94. The standard InChI is InChI=1S/C20H27N3O3/c1-13-6-5-7-14(2)19(13)25-12-17-15(3)26-22-18(17)20(24)21-16-8-10-23(4)11-9-16/h5-7,16H,8-12H2,1-4H3,(H,21,24). The largest absolute Gasteiger partial charge is 0.488 e. The lowest BCUT2D eigenvalue weighted by molar-refractivity contribution is 0.0905. The Morgan fingerprint density at radius 3 is 2.58 bits per heavy atom. The molecule has 140 valence electrons. The van der Waals surface area contributed by atoms with Gasteiger partial charge in [-0.25, -0.2) is 0 Å². The first kappa shape index (κ1) is 18.5. The van der Waals surface area contributed by atoms with Crippen LogP contribution in [0.1, 0.15) is 45.8 Å². The van der Waals surface area contributed by atoms with E-state index < -0.39 is 0 Å². The molecule has 1 amide bonds. The summed E-state index contributed by atoms with van der Waals surface area (Å²) in [7, 11) is 2.10. The van der Waals surface area contributed by atoms with E-state index in [0.29, 0.717) is 17.0 Å². The molecule has 1 fully saturated rings. The molecular formula is C20H27N3O3. The number of likely N-dealkylation sites (tertiary alicyclic amines) is 1. The molecule has 0 saturated carbocycles. The molecule has 1 aromatic carbocycles. The van der Waals surface area contributed by atoms with Gasteiger partial charge in [-0.2, -0.15) is 0 Å². The van der Waals surface area contributed by atoms with Gasteiger partial charge in [-0.3, -0.25) is 4.79 Å². The van der Waals surface area contributed by atoms with Gasteiger partial charge in [-0.15, -0.1) is 0 Å². The van der Waals surface area contributed by atoms with Gasteiger partial charge in [-0.1, -0.05) is 23.4 Å². The van der Waals surface area contributed by atoms with E-state index in [0.717, 1.165) is 42.8 Å². The smallest absolute Gasteiger partial charge is 0.274 e. The number of hydrogen-bond acceptors (Lipinski definition) is 5. The average molecular weight is 357 g/mol. The van der Waals surface area contributed by atoms with Gasteiger partial charge >= 0.3 is 0 Å². The van der Waals surface area contributed by atoms with Gasteiger partial charge < -0.3 is 19.5 Å². The number of nitrogens with zero attached hydrogens (tertiary/aromatic N) is 2. The summed E-state index contributed by atoms with van der Waals surface area (Å²) in [5.74, 6) is 1.27. The second-order valence-corrected chi connectivity index (χ2v) is 7.13. The van der Waals surface area contributed by atoms with Gasteiger partial charge in [0.05, 0.1) is 5.56 Å². The van der Waals surface area contributed by atoms with Crippen LogP contribution in [-0.4, -0.2) is 42.1 Å². The Balaban J connectivity index is 1.69. The van der Waals surface area contributed by atoms with Crippen LogP contribution in [0.25, 0.3) is 0 Å². The molecule has 0 spiro atoms. The topological polar surface area (TPSA) is 67.6 Å². The van der Waals surface area contributed by atoms with Crippen LogP contribution in [0.2, 0.25) is 0 Å². The van der Waals surface area contributed by atoms with Gasteiger partial charge in [0, 0.05) is 6.04 Å². The zero-order valence-electron chi connectivity index (χ0n) is 16.0. The molecule has 0 unspecified atom stereocenters. The molecule has 6 heteroatoms. The molecule has 1 saturated heterocycles. The van der Waals surface area contributed by atoms with Crippen molar-refractivity contribution in [2.24, 2.45) is 0 Å². The maximum atomic E-state index is 12.7. The lowest BCUT2D eigenvalue weighted by atomic mass is 10.1. The van der Waals surface area contributed by atoms with E-state index in [9.17, 15) is 4.79 Å². The Bertz CT molecular complexity index is 756. The number of aryl methyl sites for hydroxylation is 3. The Hall–Kier alpha value is -2.34. The minimum Gasteiger partial charge on any atom is -0.488 e. The molecule has 0 bridgehead atoms.